The Labute approximate surface area is 903 Å². The lowest BCUT2D eigenvalue weighted by atomic mass is 9.49. The summed E-state index contributed by atoms with van der Waals surface area (Å²) in [6.45, 7) is 26.6. The zero-order chi connectivity index (χ0) is 103. The van der Waals surface area contributed by atoms with E-state index in [4.69, 9.17) is 55.2 Å². The Hall–Kier alpha value is -10.7. The summed E-state index contributed by atoms with van der Waals surface area (Å²) in [5.74, 6) is 1.74. The number of nitrogens with zero attached hydrogens (tertiary/aromatic N) is 5. The third kappa shape index (κ3) is 28.0. The number of amides is 1. The van der Waals surface area contributed by atoms with Crippen molar-refractivity contribution >= 4 is 246 Å². The van der Waals surface area contributed by atoms with Crippen LogP contribution in [0.4, 0.5) is 34.1 Å². The molecule has 18 aromatic rings. The van der Waals surface area contributed by atoms with E-state index in [1.54, 1.807) is 36.4 Å². The number of hydrogen-bond donors (Lipinski definition) is 4. The number of aromatic nitrogens is 5. The summed E-state index contributed by atoms with van der Waals surface area (Å²) in [4.78, 5) is 32.7. The predicted molar refractivity (Wildman–Crippen MR) is 618 cm³/mol. The molecule has 3 saturated heterocycles. The average Bonchev–Trinajstić information content (AvgIpc) is 1.58. The van der Waals surface area contributed by atoms with Crippen LogP contribution in [0.3, 0.4) is 0 Å². The lowest BCUT2D eigenvalue weighted by Crippen LogP contribution is -2.41. The van der Waals surface area contributed by atoms with Gasteiger partial charge in [-0.2, -0.15) is 0 Å². The number of hydrogen-bond acceptors (Lipinski definition) is 14. The number of carbonyl (C=O) groups is 2. The Morgan fingerprint density at radius 3 is 1.07 bits per heavy atom. The number of nitrogens with one attached hydrogen (secondary N) is 3. The first kappa shape index (κ1) is 109. The summed E-state index contributed by atoms with van der Waals surface area (Å²) >= 11 is 36.3. The van der Waals surface area contributed by atoms with Gasteiger partial charge in [0.05, 0.1) is 89.5 Å². The van der Waals surface area contributed by atoms with Gasteiger partial charge >= 0.3 is 26.3 Å². The molecule has 3 fully saturated rings. The van der Waals surface area contributed by atoms with E-state index < -0.39 is 24.5 Å². The quantitative estimate of drug-likeness (QED) is 0.0346. The molecule has 3 aliphatic heterocycles. The van der Waals surface area contributed by atoms with E-state index in [9.17, 15) is 14.2 Å². The molecular formula is C113H106B3Br5Cl4N9O9P. The Bertz CT molecular complexity index is 7350. The second kappa shape index (κ2) is 47.9. The summed E-state index contributed by atoms with van der Waals surface area (Å²) in [7, 11) is -1.32. The highest BCUT2D eigenvalue weighted by atomic mass is 79.9. The fourth-order valence-electron chi connectivity index (χ4n) is 15.5. The van der Waals surface area contributed by atoms with Gasteiger partial charge in [0.1, 0.15) is 11.6 Å². The highest BCUT2D eigenvalue weighted by molar-refractivity contribution is 9.11. The van der Waals surface area contributed by atoms with Crippen molar-refractivity contribution in [2.75, 3.05) is 21.7 Å². The van der Waals surface area contributed by atoms with Gasteiger partial charge in [0.25, 0.3) is 11.1 Å². The number of nitrogen functional groups attached to an aromatic ring is 1. The van der Waals surface area contributed by atoms with Crippen LogP contribution in [-0.4, -0.2) is 89.6 Å². The Morgan fingerprint density at radius 1 is 0.347 bits per heavy atom. The van der Waals surface area contributed by atoms with Crippen LogP contribution >= 0.6 is 130 Å². The monoisotopic (exact) mass is 2330 g/mol. The van der Waals surface area contributed by atoms with Gasteiger partial charge in [0.15, 0.2) is 0 Å². The molecule has 0 aliphatic carbocycles. The molecule has 31 heteroatoms. The number of anilines is 6. The highest BCUT2D eigenvalue weighted by Gasteiger charge is 2.64. The van der Waals surface area contributed by atoms with Crippen LogP contribution in [0.1, 0.15) is 109 Å². The average molecular weight is 2340 g/mol. The molecular weight excluding hydrogens is 2230 g/mol. The van der Waals surface area contributed by atoms with E-state index in [1.807, 2.05) is 213 Å². The number of carbonyl (C=O) groups excluding carboxylic acids is 2. The van der Waals surface area contributed by atoms with Gasteiger partial charge in [-0.3, -0.25) is 23.3 Å². The molecule has 0 radical (unpaired) electrons. The van der Waals surface area contributed by atoms with E-state index in [0.717, 1.165) is 118 Å². The molecule has 0 unspecified atom stereocenters. The van der Waals surface area contributed by atoms with Crippen molar-refractivity contribution in [3.8, 4) is 39.8 Å². The van der Waals surface area contributed by atoms with Gasteiger partial charge in [-0.25, -0.2) is 9.97 Å². The Balaban J connectivity index is 0.000000134. The molecule has 0 spiro atoms. The van der Waals surface area contributed by atoms with E-state index in [2.05, 4.69) is 360 Å². The lowest BCUT2D eigenvalue weighted by Gasteiger charge is -2.32. The zero-order valence-corrected chi connectivity index (χ0v) is 93.2. The fraction of sp³-hybridized carbons (Fsp3) is 0.168. The number of para-hydroxylation sites is 12. The normalized spacial score (nSPS) is 14.7. The van der Waals surface area contributed by atoms with E-state index in [1.165, 1.54) is 33.1 Å². The highest BCUT2D eigenvalue weighted by Crippen LogP contribution is 2.61. The van der Waals surface area contributed by atoms with E-state index in [-0.39, 0.29) is 46.6 Å². The van der Waals surface area contributed by atoms with E-state index >= 15 is 0 Å². The first-order valence-corrected chi connectivity index (χ1v) is 55.0. The molecule has 21 rings (SSSR count). The smallest absolute Gasteiger partial charge is 0.405 e. The van der Waals surface area contributed by atoms with Crippen molar-refractivity contribution in [3.05, 3.63) is 415 Å². The first-order valence-electron chi connectivity index (χ1n) is 46.2. The predicted octanol–water partition coefficient (Wildman–Crippen LogP) is 33.4. The summed E-state index contributed by atoms with van der Waals surface area (Å²) in [5, 5.41) is 8.38. The number of imidazole rings is 2. The number of fused-ring (bicyclic) bond motifs is 5. The summed E-state index contributed by atoms with van der Waals surface area (Å²) in [5.41, 5.74) is 24.6. The minimum absolute atomic E-state index is 0.139. The second-order valence-corrected chi connectivity index (χ2v) is 48.5. The number of halogens is 9. The van der Waals surface area contributed by atoms with Crippen molar-refractivity contribution in [1.29, 1.82) is 0 Å². The summed E-state index contributed by atoms with van der Waals surface area (Å²) in [6.07, 6.45) is 0. The van der Waals surface area contributed by atoms with E-state index in [0.29, 0.717) is 11.1 Å². The molecule has 0 saturated carbocycles. The third-order valence-electron chi connectivity index (χ3n) is 25.1. The van der Waals surface area contributed by atoms with Gasteiger partial charge in [-0.15, -0.1) is 0 Å². The summed E-state index contributed by atoms with van der Waals surface area (Å²) in [6, 6.07) is 125. The fourth-order valence-corrected chi connectivity index (χ4v) is 17.1. The number of aryl methyl sites for hydroxylation is 1. The molecule has 3 aliphatic rings. The van der Waals surface area contributed by atoms with Crippen LogP contribution in [0.5, 0.6) is 0 Å². The largest absolute Gasteiger partial charge is 0.494 e. The van der Waals surface area contributed by atoms with Crippen molar-refractivity contribution in [2.24, 2.45) is 0 Å². The maximum Gasteiger partial charge on any atom is 0.494 e. The topological polar surface area (TPSA) is 209 Å². The minimum atomic E-state index is -3.22. The molecule has 0 atom stereocenters. The zero-order valence-electron chi connectivity index (χ0n) is 81.4. The number of nitrogens with two attached hydrogens (primary N) is 1. The van der Waals surface area contributed by atoms with Gasteiger partial charge in [0.2, 0.25) is 0 Å². The van der Waals surface area contributed by atoms with Crippen molar-refractivity contribution in [1.82, 2.24) is 23.7 Å². The number of rotatable bonds is 14. The third-order valence-corrected chi connectivity index (χ3v) is 27.9. The molecule has 5 N–H and O–H groups in total. The standard InChI is InChI=1S/C25H25BN2O2.C19H13Br2N.C19H15BrN2O.C19H13BrN2.C12H24B2O4.C12H12N2.C7H4BrClO.Cl3OP/c1-24(2)25(3,4)30-26(29-24)19-16-14-18(15-17-19)23-27-21-12-8-9-13-22(21)28(23)20-10-6-5-7-11-20;1-12-2-6-15(7-3-12)22-18-8-4-13(20)10-16(18)17-11-14(21)5-9-19(17)22;20-15-12-10-14(11-13-15)19(23)22-18-9-5-4-8-17(18)21-16-6-2-1-3-7-16;20-15-12-10-14(11-13-15)19-21-17-8-4-5-9-18(17)22(19)16-6-2-1-3-7-16;1-9(2)10(3,4)16-13(15-9)14-17-11(5,6)12(7,8)18-14;13-11-8-4-5-9-12(11)14-10-6-2-1-3-7-10;8-6-3-1-5(2-4-6)7(9)10;1-5(2,3)4/h5-17H,1-4H3;2-11H,1H3;1-13,21H,(H,22,23);1-13H;1-8H3;1-9,14H,13H2;1-4H;. The van der Waals surface area contributed by atoms with Gasteiger partial charge < -0.3 is 54.2 Å². The molecule has 15 aromatic carbocycles. The molecule has 18 nitrogen and oxygen atoms in total. The van der Waals surface area contributed by atoms with Crippen LogP contribution in [0, 0.1) is 6.92 Å². The van der Waals surface area contributed by atoms with Crippen LogP contribution in [0.25, 0.3) is 83.7 Å². The Kier molecular flexibility index (Phi) is 36.3. The first-order chi connectivity index (χ1) is 68.5. The molecule has 3 aromatic heterocycles. The molecule has 734 valence electrons. The van der Waals surface area contributed by atoms with Crippen molar-refractivity contribution in [3.63, 3.8) is 0 Å². The van der Waals surface area contributed by atoms with Crippen LogP contribution < -0.4 is 27.1 Å². The van der Waals surface area contributed by atoms with Crippen LogP contribution in [0.2, 0.25) is 0 Å². The SMILES string of the molecule is Brc1ccc(-c2nc3ccccc3n2-c2ccccc2)cc1.CC1(C)OB(B2OC(C)(C)C(C)(C)O2)OC1(C)C.CC1(C)OB(c2ccc(-c3nc4ccccc4n3-c3ccccc3)cc2)OC1(C)C.Cc1ccc(-n2c3ccc(Br)cc3c3cc(Br)ccc32)cc1.Nc1ccccc1Nc1ccccc1.O=C(Cl)c1ccc(Br)cc1.O=C(Nc1ccccc1Nc1ccccc1)c1ccc(Br)cc1.O=P(Cl)(Cl)Cl. The van der Waals surface area contributed by atoms with Crippen molar-refractivity contribution in [2.45, 2.75) is 124 Å². The summed E-state index contributed by atoms with van der Waals surface area (Å²) < 4.78 is 57.6. The maximum atomic E-state index is 12.4. The number of benzene rings is 15. The van der Waals surface area contributed by atoms with Crippen LogP contribution in [-0.2, 0) is 32.5 Å². The lowest BCUT2D eigenvalue weighted by molar-refractivity contribution is 0.00578. The van der Waals surface area contributed by atoms with Gasteiger partial charge in [-0.1, -0.05) is 255 Å². The molecule has 1 amide bonds. The second-order valence-electron chi connectivity index (χ2n) is 36.9. The van der Waals surface area contributed by atoms with Gasteiger partial charge in [-0.05, 0) is 347 Å². The van der Waals surface area contributed by atoms with Gasteiger partial charge in [0, 0.05) is 83.8 Å². The Morgan fingerprint density at radius 2 is 0.667 bits per heavy atom. The molecule has 6 heterocycles. The molecule has 144 heavy (non-hydrogen) atoms. The van der Waals surface area contributed by atoms with Crippen molar-refractivity contribution < 1.29 is 42.1 Å². The maximum absolute atomic E-state index is 12.4. The molecule has 0 bridgehead atoms. The van der Waals surface area contributed by atoms with Crippen LogP contribution in [0.15, 0.2) is 398 Å². The minimum Gasteiger partial charge on any atom is -0.405 e.